The summed E-state index contributed by atoms with van der Waals surface area (Å²) in [6, 6.07) is 17.7. The first kappa shape index (κ1) is 18.4. The Morgan fingerprint density at radius 3 is 1.92 bits per heavy atom. The van der Waals surface area contributed by atoms with Gasteiger partial charge in [-0.2, -0.15) is 5.10 Å². The van der Waals surface area contributed by atoms with Gasteiger partial charge in [0, 0.05) is 5.56 Å². The molecule has 0 unspecified atom stereocenters. The molecule has 0 saturated carbocycles. The van der Waals surface area contributed by atoms with Crippen molar-refractivity contribution in [2.75, 3.05) is 0 Å². The van der Waals surface area contributed by atoms with Gasteiger partial charge in [-0.05, 0) is 30.5 Å². The number of nitrogens with one attached hydrogen (secondary N) is 2. The molecule has 0 bridgehead atoms. The quantitative estimate of drug-likeness (QED) is 0.628. The summed E-state index contributed by atoms with van der Waals surface area (Å²) >= 11 is 0. The van der Waals surface area contributed by atoms with Crippen LogP contribution in [0.25, 0.3) is 0 Å². The number of hydrogen-bond acceptors (Lipinski definition) is 3. The van der Waals surface area contributed by atoms with Crippen LogP contribution < -0.4 is 10.7 Å². The van der Waals surface area contributed by atoms with Crippen LogP contribution in [0.5, 0.6) is 0 Å². The van der Waals surface area contributed by atoms with Crippen molar-refractivity contribution in [3.63, 3.8) is 0 Å². The maximum atomic E-state index is 12.5. The highest BCUT2D eigenvalue weighted by Gasteiger charge is 2.24. The van der Waals surface area contributed by atoms with Crippen LogP contribution in [0.15, 0.2) is 65.8 Å². The van der Waals surface area contributed by atoms with Gasteiger partial charge in [0.2, 0.25) is 0 Å². The third kappa shape index (κ3) is 5.28. The third-order valence-corrected chi connectivity index (χ3v) is 3.80. The summed E-state index contributed by atoms with van der Waals surface area (Å²) < 4.78 is 0. The average Bonchev–Trinajstić information content (AvgIpc) is 2.64. The fourth-order valence-corrected chi connectivity index (χ4v) is 2.30. The predicted molar refractivity (Wildman–Crippen MR) is 99.3 cm³/mol. The van der Waals surface area contributed by atoms with E-state index in [1.807, 2.05) is 57.2 Å². The van der Waals surface area contributed by atoms with Crippen LogP contribution in [0.3, 0.4) is 0 Å². The molecule has 2 N–H and O–H groups in total. The van der Waals surface area contributed by atoms with Crippen LogP contribution >= 0.6 is 0 Å². The smallest absolute Gasteiger partial charge is 0.262 e. The lowest BCUT2D eigenvalue weighted by Gasteiger charge is -2.20. The molecule has 130 valence electrons. The van der Waals surface area contributed by atoms with E-state index in [0.717, 1.165) is 5.56 Å². The molecule has 2 aromatic carbocycles. The SMILES string of the molecule is C/C(=N/NC(=O)[C@H](NC(=O)c1ccccc1)C(C)C)c1ccccc1. The van der Waals surface area contributed by atoms with E-state index in [1.54, 1.807) is 24.3 Å². The van der Waals surface area contributed by atoms with Crippen molar-refractivity contribution in [3.05, 3.63) is 71.8 Å². The van der Waals surface area contributed by atoms with Gasteiger partial charge >= 0.3 is 0 Å². The van der Waals surface area contributed by atoms with E-state index in [2.05, 4.69) is 15.8 Å². The molecule has 0 saturated heterocycles. The molecule has 0 aliphatic rings. The molecule has 2 amide bonds. The number of amides is 2. The second-order valence-electron chi connectivity index (χ2n) is 6.10. The van der Waals surface area contributed by atoms with Crippen molar-refractivity contribution in [3.8, 4) is 0 Å². The van der Waals surface area contributed by atoms with Crippen molar-refractivity contribution in [1.82, 2.24) is 10.7 Å². The molecule has 0 spiro atoms. The standard InChI is InChI=1S/C20H23N3O2/c1-14(2)18(21-19(24)17-12-8-5-9-13-17)20(25)23-22-15(3)16-10-6-4-7-11-16/h4-14,18H,1-3H3,(H,21,24)(H,23,25)/b22-15-/t18-/m1/s1. The molecule has 0 aliphatic carbocycles. The van der Waals surface area contributed by atoms with Crippen molar-refractivity contribution in [2.24, 2.45) is 11.0 Å². The summed E-state index contributed by atoms with van der Waals surface area (Å²) in [4.78, 5) is 24.8. The van der Waals surface area contributed by atoms with Gasteiger partial charge in [0.1, 0.15) is 6.04 Å². The normalized spacial score (nSPS) is 12.6. The Morgan fingerprint density at radius 2 is 1.40 bits per heavy atom. The molecular weight excluding hydrogens is 314 g/mol. The molecule has 1 atom stereocenters. The van der Waals surface area contributed by atoms with E-state index in [1.165, 1.54) is 0 Å². The third-order valence-electron chi connectivity index (χ3n) is 3.80. The molecular formula is C20H23N3O2. The largest absolute Gasteiger partial charge is 0.340 e. The van der Waals surface area contributed by atoms with Crippen LogP contribution in [0.4, 0.5) is 0 Å². The Morgan fingerprint density at radius 1 is 0.880 bits per heavy atom. The predicted octanol–water partition coefficient (Wildman–Crippen LogP) is 2.98. The van der Waals surface area contributed by atoms with E-state index in [-0.39, 0.29) is 17.7 Å². The second-order valence-corrected chi connectivity index (χ2v) is 6.10. The van der Waals surface area contributed by atoms with Gasteiger partial charge in [-0.1, -0.05) is 62.4 Å². The lowest BCUT2D eigenvalue weighted by Crippen LogP contribution is -2.48. The van der Waals surface area contributed by atoms with Gasteiger partial charge in [-0.15, -0.1) is 0 Å². The average molecular weight is 337 g/mol. The lowest BCUT2D eigenvalue weighted by molar-refractivity contribution is -0.123. The second kappa shape index (κ2) is 8.78. The van der Waals surface area contributed by atoms with Gasteiger partial charge in [0.25, 0.3) is 11.8 Å². The van der Waals surface area contributed by atoms with Gasteiger partial charge in [0.15, 0.2) is 0 Å². The first-order chi connectivity index (χ1) is 12.0. The van der Waals surface area contributed by atoms with E-state index < -0.39 is 6.04 Å². The maximum absolute atomic E-state index is 12.5. The molecule has 25 heavy (non-hydrogen) atoms. The number of nitrogens with zero attached hydrogens (tertiary/aromatic N) is 1. The zero-order chi connectivity index (χ0) is 18.2. The summed E-state index contributed by atoms with van der Waals surface area (Å²) in [6.07, 6.45) is 0. The topological polar surface area (TPSA) is 70.6 Å². The fraction of sp³-hybridized carbons (Fsp3) is 0.250. The van der Waals surface area contributed by atoms with Crippen molar-refractivity contribution >= 4 is 17.5 Å². The Labute approximate surface area is 148 Å². The highest BCUT2D eigenvalue weighted by Crippen LogP contribution is 2.06. The molecule has 0 aliphatic heterocycles. The molecule has 0 fully saturated rings. The first-order valence-electron chi connectivity index (χ1n) is 8.24. The van der Waals surface area contributed by atoms with Crippen LogP contribution in [0, 0.1) is 5.92 Å². The Bertz CT molecular complexity index is 740. The zero-order valence-corrected chi connectivity index (χ0v) is 14.7. The summed E-state index contributed by atoms with van der Waals surface area (Å²) in [6.45, 7) is 5.58. The highest BCUT2D eigenvalue weighted by molar-refractivity contribution is 6.00. The van der Waals surface area contributed by atoms with Gasteiger partial charge in [-0.25, -0.2) is 5.43 Å². The van der Waals surface area contributed by atoms with E-state index in [0.29, 0.717) is 11.3 Å². The minimum absolute atomic E-state index is 0.0695. The number of hydrazone groups is 1. The van der Waals surface area contributed by atoms with Gasteiger partial charge in [-0.3, -0.25) is 9.59 Å². The van der Waals surface area contributed by atoms with Crippen molar-refractivity contribution in [1.29, 1.82) is 0 Å². The molecule has 0 radical (unpaired) electrons. The minimum Gasteiger partial charge on any atom is -0.340 e. The number of carbonyl (C=O) groups is 2. The Kier molecular flexibility index (Phi) is 6.46. The monoisotopic (exact) mass is 337 g/mol. The zero-order valence-electron chi connectivity index (χ0n) is 14.7. The molecule has 2 rings (SSSR count). The minimum atomic E-state index is -0.667. The molecule has 2 aromatic rings. The van der Waals surface area contributed by atoms with Gasteiger partial charge in [0.05, 0.1) is 5.71 Å². The number of carbonyl (C=O) groups excluding carboxylic acids is 2. The number of rotatable bonds is 6. The van der Waals surface area contributed by atoms with Crippen LogP contribution in [0.2, 0.25) is 0 Å². The Hall–Kier alpha value is -2.95. The Balaban J connectivity index is 2.04. The van der Waals surface area contributed by atoms with Crippen molar-refractivity contribution in [2.45, 2.75) is 26.8 Å². The van der Waals surface area contributed by atoms with Crippen LogP contribution in [0.1, 0.15) is 36.7 Å². The van der Waals surface area contributed by atoms with Crippen LogP contribution in [-0.4, -0.2) is 23.6 Å². The molecule has 5 heteroatoms. The number of hydrogen-bond donors (Lipinski definition) is 2. The van der Waals surface area contributed by atoms with E-state index in [9.17, 15) is 9.59 Å². The van der Waals surface area contributed by atoms with E-state index in [4.69, 9.17) is 0 Å². The van der Waals surface area contributed by atoms with Crippen molar-refractivity contribution < 1.29 is 9.59 Å². The lowest BCUT2D eigenvalue weighted by atomic mass is 10.0. The summed E-state index contributed by atoms with van der Waals surface area (Å²) in [7, 11) is 0. The van der Waals surface area contributed by atoms with Crippen LogP contribution in [-0.2, 0) is 4.79 Å². The van der Waals surface area contributed by atoms with Gasteiger partial charge < -0.3 is 5.32 Å². The molecule has 5 nitrogen and oxygen atoms in total. The summed E-state index contributed by atoms with van der Waals surface area (Å²) in [5.74, 6) is -0.687. The summed E-state index contributed by atoms with van der Waals surface area (Å²) in [5.41, 5.74) is 4.70. The number of benzene rings is 2. The van der Waals surface area contributed by atoms with E-state index >= 15 is 0 Å². The fourth-order valence-electron chi connectivity index (χ4n) is 2.30. The molecule has 0 aromatic heterocycles. The first-order valence-corrected chi connectivity index (χ1v) is 8.24. The summed E-state index contributed by atoms with van der Waals surface area (Å²) in [5, 5.41) is 6.92. The highest BCUT2D eigenvalue weighted by atomic mass is 16.2. The maximum Gasteiger partial charge on any atom is 0.262 e. The molecule has 0 heterocycles.